The minimum Gasteiger partial charge on any atom is -0.351 e. The fourth-order valence-corrected chi connectivity index (χ4v) is 3.16. The number of amides is 1. The lowest BCUT2D eigenvalue weighted by Crippen LogP contribution is -2.55. The lowest BCUT2D eigenvalue weighted by molar-refractivity contribution is -0.131. The van der Waals surface area contributed by atoms with Gasteiger partial charge >= 0.3 is 0 Å². The smallest absolute Gasteiger partial charge is 0.237 e. The molecule has 6 heteroatoms. The number of aromatic nitrogens is 3. The summed E-state index contributed by atoms with van der Waals surface area (Å²) < 4.78 is 1.85. The zero-order valence-electron chi connectivity index (χ0n) is 14.5. The first-order valence-corrected chi connectivity index (χ1v) is 8.78. The molecule has 1 saturated heterocycles. The van der Waals surface area contributed by atoms with Crippen LogP contribution in [-0.2, 0) is 17.9 Å². The van der Waals surface area contributed by atoms with E-state index in [1.54, 1.807) is 18.7 Å². The summed E-state index contributed by atoms with van der Waals surface area (Å²) in [6, 6.07) is 14.1. The summed E-state index contributed by atoms with van der Waals surface area (Å²) in [5.74, 6) is 0.886. The fourth-order valence-electron chi connectivity index (χ4n) is 3.16. The van der Waals surface area contributed by atoms with Gasteiger partial charge in [0, 0.05) is 38.2 Å². The molecule has 2 aromatic heterocycles. The van der Waals surface area contributed by atoms with Crippen molar-refractivity contribution in [2.75, 3.05) is 6.54 Å². The highest BCUT2D eigenvalue weighted by molar-refractivity contribution is 5.82. The molecule has 1 fully saturated rings. The third-order valence-corrected chi connectivity index (χ3v) is 4.71. The number of benzene rings is 1. The Balaban J connectivity index is 1.33. The highest BCUT2D eigenvalue weighted by atomic mass is 16.2. The van der Waals surface area contributed by atoms with Crippen molar-refractivity contribution in [2.45, 2.75) is 25.6 Å². The lowest BCUT2D eigenvalue weighted by atomic mass is 10.0. The number of nitrogens with zero attached hydrogens (tertiary/aromatic N) is 4. The molecule has 132 valence electrons. The molecule has 3 heterocycles. The number of carbonyl (C=O) groups excluding carboxylic acids is 1. The van der Waals surface area contributed by atoms with Crippen LogP contribution in [0.4, 0.5) is 0 Å². The molecule has 1 aliphatic rings. The van der Waals surface area contributed by atoms with Gasteiger partial charge in [0.2, 0.25) is 5.91 Å². The zero-order chi connectivity index (χ0) is 17.8. The summed E-state index contributed by atoms with van der Waals surface area (Å²) in [4.78, 5) is 23.1. The van der Waals surface area contributed by atoms with E-state index >= 15 is 0 Å². The molecule has 0 aliphatic carbocycles. The van der Waals surface area contributed by atoms with Gasteiger partial charge in [-0.2, -0.15) is 0 Å². The molecule has 1 aromatic carbocycles. The van der Waals surface area contributed by atoms with E-state index in [0.29, 0.717) is 6.54 Å². The third-order valence-electron chi connectivity index (χ3n) is 4.71. The standard InChI is InChI=1S/C20H21N5O/c26-20(18-7-10-24(18)14-16-4-2-1-3-5-16)23-13-17-6-8-22-19(12-17)25-11-9-21-15-25/h1-6,8-9,11-12,15,18H,7,10,13-14H2,(H,23,26)/t18-/m1/s1. The van der Waals surface area contributed by atoms with E-state index in [4.69, 9.17) is 0 Å². The topological polar surface area (TPSA) is 63.1 Å². The predicted octanol–water partition coefficient (Wildman–Crippen LogP) is 2.16. The van der Waals surface area contributed by atoms with Gasteiger partial charge in [0.1, 0.15) is 12.1 Å². The number of likely N-dealkylation sites (tertiary alicyclic amines) is 1. The van der Waals surface area contributed by atoms with E-state index in [0.717, 1.165) is 30.9 Å². The van der Waals surface area contributed by atoms with E-state index in [-0.39, 0.29) is 11.9 Å². The molecular weight excluding hydrogens is 326 g/mol. The summed E-state index contributed by atoms with van der Waals surface area (Å²) in [5.41, 5.74) is 2.26. The SMILES string of the molecule is O=C(NCc1ccnc(-n2ccnc2)c1)[C@H]1CCN1Cc1ccccc1. The van der Waals surface area contributed by atoms with Crippen LogP contribution in [0.5, 0.6) is 0 Å². The third kappa shape index (κ3) is 3.65. The molecule has 1 N–H and O–H groups in total. The molecule has 1 aliphatic heterocycles. The highest BCUT2D eigenvalue weighted by Crippen LogP contribution is 2.20. The molecule has 3 aromatic rings. The second-order valence-corrected chi connectivity index (χ2v) is 6.47. The quantitative estimate of drug-likeness (QED) is 0.742. The van der Waals surface area contributed by atoms with E-state index in [2.05, 4.69) is 32.3 Å². The Morgan fingerprint density at radius 1 is 1.15 bits per heavy atom. The van der Waals surface area contributed by atoms with E-state index < -0.39 is 0 Å². The van der Waals surface area contributed by atoms with Gasteiger partial charge in [-0.25, -0.2) is 9.97 Å². The first-order chi connectivity index (χ1) is 12.8. The normalized spacial score (nSPS) is 16.8. The number of carbonyl (C=O) groups is 1. The summed E-state index contributed by atoms with van der Waals surface area (Å²) in [6.45, 7) is 2.28. The molecule has 1 atom stereocenters. The van der Waals surface area contributed by atoms with Gasteiger partial charge in [-0.15, -0.1) is 0 Å². The molecule has 4 rings (SSSR count). The Morgan fingerprint density at radius 3 is 2.77 bits per heavy atom. The van der Waals surface area contributed by atoms with Crippen LogP contribution in [0.1, 0.15) is 17.5 Å². The van der Waals surface area contributed by atoms with Crippen molar-refractivity contribution >= 4 is 5.91 Å². The molecule has 0 unspecified atom stereocenters. The summed E-state index contributed by atoms with van der Waals surface area (Å²) in [6.07, 6.45) is 7.94. The van der Waals surface area contributed by atoms with E-state index in [1.807, 2.05) is 41.1 Å². The minimum atomic E-state index is -0.0369. The Kier molecular flexibility index (Phi) is 4.75. The van der Waals surface area contributed by atoms with Gasteiger partial charge in [0.25, 0.3) is 0 Å². The van der Waals surface area contributed by atoms with Gasteiger partial charge in [0.15, 0.2) is 0 Å². The summed E-state index contributed by atoms with van der Waals surface area (Å²) in [5, 5.41) is 3.06. The van der Waals surface area contributed by atoms with Crippen molar-refractivity contribution in [3.8, 4) is 5.82 Å². The predicted molar refractivity (Wildman–Crippen MR) is 98.5 cm³/mol. The monoisotopic (exact) mass is 347 g/mol. The van der Waals surface area contributed by atoms with Gasteiger partial charge in [-0.1, -0.05) is 30.3 Å². The van der Waals surface area contributed by atoms with Gasteiger partial charge in [-0.3, -0.25) is 14.3 Å². The second-order valence-electron chi connectivity index (χ2n) is 6.47. The molecule has 6 nitrogen and oxygen atoms in total. The maximum absolute atomic E-state index is 12.5. The maximum atomic E-state index is 12.5. The molecule has 0 radical (unpaired) electrons. The zero-order valence-corrected chi connectivity index (χ0v) is 14.5. The highest BCUT2D eigenvalue weighted by Gasteiger charge is 2.33. The Bertz CT molecular complexity index is 863. The number of pyridine rings is 1. The average Bonchev–Trinajstić information content (AvgIpc) is 3.20. The number of hydrogen-bond acceptors (Lipinski definition) is 4. The molecule has 0 spiro atoms. The van der Waals surface area contributed by atoms with Crippen LogP contribution >= 0.6 is 0 Å². The Morgan fingerprint density at radius 2 is 2.04 bits per heavy atom. The van der Waals surface area contributed by atoms with Crippen molar-refractivity contribution in [2.24, 2.45) is 0 Å². The van der Waals surface area contributed by atoms with Crippen molar-refractivity contribution in [3.63, 3.8) is 0 Å². The Labute approximate surface area is 152 Å². The molecule has 0 saturated carbocycles. The van der Waals surface area contributed by atoms with Gasteiger partial charge in [-0.05, 0) is 29.7 Å². The van der Waals surface area contributed by atoms with Crippen LogP contribution < -0.4 is 5.32 Å². The number of hydrogen-bond donors (Lipinski definition) is 1. The maximum Gasteiger partial charge on any atom is 0.237 e. The molecule has 0 bridgehead atoms. The number of nitrogens with one attached hydrogen (secondary N) is 1. The molecule has 26 heavy (non-hydrogen) atoms. The number of rotatable bonds is 6. The average molecular weight is 347 g/mol. The summed E-state index contributed by atoms with van der Waals surface area (Å²) in [7, 11) is 0. The molecular formula is C20H21N5O. The molecule has 1 amide bonds. The van der Waals surface area contributed by atoms with Crippen LogP contribution in [0.15, 0.2) is 67.4 Å². The first-order valence-electron chi connectivity index (χ1n) is 8.78. The minimum absolute atomic E-state index is 0.0369. The van der Waals surface area contributed by atoms with Crippen molar-refractivity contribution in [3.05, 3.63) is 78.5 Å². The van der Waals surface area contributed by atoms with Crippen LogP contribution in [-0.4, -0.2) is 37.9 Å². The van der Waals surface area contributed by atoms with Crippen LogP contribution in [0.25, 0.3) is 5.82 Å². The van der Waals surface area contributed by atoms with Crippen molar-refractivity contribution < 1.29 is 4.79 Å². The van der Waals surface area contributed by atoms with Crippen molar-refractivity contribution in [1.29, 1.82) is 0 Å². The lowest BCUT2D eigenvalue weighted by Gasteiger charge is -2.39. The van der Waals surface area contributed by atoms with Crippen LogP contribution in [0.2, 0.25) is 0 Å². The number of imidazole rings is 1. The van der Waals surface area contributed by atoms with Crippen LogP contribution in [0, 0.1) is 0 Å². The second kappa shape index (κ2) is 7.49. The van der Waals surface area contributed by atoms with E-state index in [1.165, 1.54) is 5.56 Å². The first kappa shape index (κ1) is 16.5. The van der Waals surface area contributed by atoms with Crippen molar-refractivity contribution in [1.82, 2.24) is 24.8 Å². The Hall–Kier alpha value is -2.99. The largest absolute Gasteiger partial charge is 0.351 e. The van der Waals surface area contributed by atoms with Gasteiger partial charge < -0.3 is 5.32 Å². The van der Waals surface area contributed by atoms with Gasteiger partial charge in [0.05, 0.1) is 6.04 Å². The fraction of sp³-hybridized carbons (Fsp3) is 0.250. The van der Waals surface area contributed by atoms with E-state index in [9.17, 15) is 4.79 Å². The van der Waals surface area contributed by atoms with Crippen LogP contribution in [0.3, 0.4) is 0 Å². The summed E-state index contributed by atoms with van der Waals surface area (Å²) >= 11 is 0.